The Labute approximate surface area is 180 Å². The summed E-state index contributed by atoms with van der Waals surface area (Å²) in [5.74, 6) is -0.963. The predicted molar refractivity (Wildman–Crippen MR) is 113 cm³/mol. The molecule has 1 aliphatic heterocycles. The third-order valence-electron chi connectivity index (χ3n) is 5.09. The van der Waals surface area contributed by atoms with Crippen molar-refractivity contribution < 1.29 is 19.1 Å². The van der Waals surface area contributed by atoms with E-state index in [2.05, 4.69) is 4.98 Å². The Bertz CT molecular complexity index is 1360. The number of rotatable bonds is 4. The number of carbonyl (C=O) groups is 2. The summed E-state index contributed by atoms with van der Waals surface area (Å²) in [4.78, 5) is 41.9. The second-order valence-electron chi connectivity index (χ2n) is 7.10. The summed E-state index contributed by atoms with van der Waals surface area (Å²) in [6.07, 6.45) is 1.72. The molecule has 0 bridgehead atoms. The number of fused-ring (bicyclic) bond motifs is 2. The van der Waals surface area contributed by atoms with Crippen LogP contribution in [0.15, 0.2) is 71.0 Å². The molecule has 1 aliphatic rings. The number of cyclic esters (lactones) is 1. The fraction of sp³-hybridized carbons (Fsp3) is 0.130. The van der Waals surface area contributed by atoms with E-state index in [4.69, 9.17) is 9.47 Å². The topological polar surface area (TPSA) is 87.0 Å². The van der Waals surface area contributed by atoms with Gasteiger partial charge in [-0.2, -0.15) is 0 Å². The van der Waals surface area contributed by atoms with Crippen LogP contribution in [0.2, 0.25) is 0 Å². The lowest BCUT2D eigenvalue weighted by atomic mass is 9.93. The van der Waals surface area contributed by atoms with E-state index in [1.54, 1.807) is 23.7 Å². The third-order valence-corrected chi connectivity index (χ3v) is 5.85. The van der Waals surface area contributed by atoms with E-state index in [1.165, 1.54) is 27.9 Å². The first kappa shape index (κ1) is 19.2. The number of benzene rings is 2. The van der Waals surface area contributed by atoms with Crippen LogP contribution >= 0.6 is 11.3 Å². The summed E-state index contributed by atoms with van der Waals surface area (Å²) in [5.41, 5.74) is 2.56. The quantitative estimate of drug-likeness (QED) is 0.458. The fourth-order valence-corrected chi connectivity index (χ4v) is 4.30. The van der Waals surface area contributed by atoms with Crippen LogP contribution in [0.3, 0.4) is 0 Å². The molecule has 7 nitrogen and oxygen atoms in total. The fourth-order valence-electron chi connectivity index (χ4n) is 3.56. The number of ether oxygens (including phenoxy) is 2. The molecule has 0 radical (unpaired) electrons. The van der Waals surface area contributed by atoms with Crippen LogP contribution < -0.4 is 5.56 Å². The summed E-state index contributed by atoms with van der Waals surface area (Å²) in [5, 5.41) is 1.76. The van der Waals surface area contributed by atoms with E-state index < -0.39 is 18.0 Å². The van der Waals surface area contributed by atoms with Crippen molar-refractivity contribution >= 4 is 28.2 Å². The Morgan fingerprint density at radius 3 is 2.84 bits per heavy atom. The van der Waals surface area contributed by atoms with E-state index >= 15 is 0 Å². The molecule has 154 valence electrons. The molecule has 5 rings (SSSR count). The molecule has 4 aromatic rings. The molecule has 0 spiro atoms. The van der Waals surface area contributed by atoms with E-state index in [0.29, 0.717) is 28.2 Å². The zero-order valence-corrected chi connectivity index (χ0v) is 17.0. The van der Waals surface area contributed by atoms with Gasteiger partial charge in [0.1, 0.15) is 12.7 Å². The Balaban J connectivity index is 1.34. The molecular weight excluding hydrogens is 416 g/mol. The summed E-state index contributed by atoms with van der Waals surface area (Å²) in [6.45, 7) is -0.117. The maximum Gasteiger partial charge on any atom is 0.339 e. The number of aromatic nitrogens is 2. The highest BCUT2D eigenvalue weighted by molar-refractivity contribution is 7.15. The summed E-state index contributed by atoms with van der Waals surface area (Å²) >= 11 is 1.33. The monoisotopic (exact) mass is 432 g/mol. The van der Waals surface area contributed by atoms with Gasteiger partial charge in [-0.1, -0.05) is 30.3 Å². The van der Waals surface area contributed by atoms with Gasteiger partial charge < -0.3 is 9.47 Å². The average Bonchev–Trinajstić information content (AvgIpc) is 3.27. The lowest BCUT2D eigenvalue weighted by Gasteiger charge is -2.25. The maximum atomic E-state index is 12.6. The lowest BCUT2D eigenvalue weighted by molar-refractivity contribution is 0.0251. The molecular formula is C23H16N2O5S. The lowest BCUT2D eigenvalue weighted by Crippen LogP contribution is -2.22. The Morgan fingerprint density at radius 1 is 1.16 bits per heavy atom. The van der Waals surface area contributed by atoms with Crippen molar-refractivity contribution in [1.82, 2.24) is 9.38 Å². The predicted octanol–water partition coefficient (Wildman–Crippen LogP) is 3.57. The van der Waals surface area contributed by atoms with E-state index in [-0.39, 0.29) is 12.2 Å². The highest BCUT2D eigenvalue weighted by Crippen LogP contribution is 2.31. The minimum absolute atomic E-state index is 0.117. The highest BCUT2D eigenvalue weighted by atomic mass is 32.1. The van der Waals surface area contributed by atoms with Crippen molar-refractivity contribution in [3.05, 3.63) is 104 Å². The summed E-state index contributed by atoms with van der Waals surface area (Å²) < 4.78 is 12.3. The van der Waals surface area contributed by atoms with E-state index in [9.17, 15) is 14.4 Å². The second-order valence-corrected chi connectivity index (χ2v) is 7.97. The van der Waals surface area contributed by atoms with Crippen molar-refractivity contribution in [1.29, 1.82) is 0 Å². The van der Waals surface area contributed by atoms with Crippen molar-refractivity contribution in [2.75, 3.05) is 0 Å². The van der Waals surface area contributed by atoms with Crippen LogP contribution in [0.5, 0.6) is 0 Å². The van der Waals surface area contributed by atoms with Gasteiger partial charge in [0.25, 0.3) is 5.56 Å². The van der Waals surface area contributed by atoms with Gasteiger partial charge in [0.15, 0.2) is 4.96 Å². The number of nitrogens with zero attached hydrogens (tertiary/aromatic N) is 2. The van der Waals surface area contributed by atoms with Crippen LogP contribution in [-0.2, 0) is 22.5 Å². The first-order valence-corrected chi connectivity index (χ1v) is 10.5. The van der Waals surface area contributed by atoms with Gasteiger partial charge in [-0.3, -0.25) is 9.20 Å². The first-order valence-electron chi connectivity index (χ1n) is 9.60. The van der Waals surface area contributed by atoms with Gasteiger partial charge in [-0.05, 0) is 29.3 Å². The van der Waals surface area contributed by atoms with Gasteiger partial charge in [0, 0.05) is 24.1 Å². The van der Waals surface area contributed by atoms with Crippen molar-refractivity contribution in [3.63, 3.8) is 0 Å². The van der Waals surface area contributed by atoms with Gasteiger partial charge in [-0.15, -0.1) is 11.3 Å². The van der Waals surface area contributed by atoms with Gasteiger partial charge in [-0.25, -0.2) is 14.6 Å². The zero-order chi connectivity index (χ0) is 21.4. The molecule has 0 fully saturated rings. The van der Waals surface area contributed by atoms with Gasteiger partial charge >= 0.3 is 11.9 Å². The highest BCUT2D eigenvalue weighted by Gasteiger charge is 2.28. The third kappa shape index (κ3) is 3.73. The molecule has 0 amide bonds. The van der Waals surface area contributed by atoms with Crippen LogP contribution in [0.1, 0.15) is 43.6 Å². The minimum Gasteiger partial charge on any atom is -0.456 e. The molecule has 0 aliphatic carbocycles. The average molecular weight is 432 g/mol. The molecule has 3 heterocycles. The number of hydrogen-bond acceptors (Lipinski definition) is 7. The standard InChI is InChI=1S/C23H16N2O5S/c26-20-12-17(24-23-25(20)8-9-31-23)13-29-21(27)15-6-7-18-16(10-15)11-19(30-22(18)28)14-4-2-1-3-5-14/h1-10,12,19H,11,13H2/t19-/m1/s1. The SMILES string of the molecule is O=C(OCc1cc(=O)n2ccsc2n1)c1ccc2c(c1)C[C@H](c1ccccc1)OC2=O. The molecule has 8 heteroatoms. The molecule has 0 N–H and O–H groups in total. The van der Waals surface area contributed by atoms with E-state index in [0.717, 1.165) is 11.1 Å². The molecule has 2 aromatic heterocycles. The van der Waals surface area contributed by atoms with Crippen LogP contribution in [-0.4, -0.2) is 21.3 Å². The Morgan fingerprint density at radius 2 is 2.00 bits per heavy atom. The van der Waals surface area contributed by atoms with Crippen LogP contribution in [0, 0.1) is 0 Å². The van der Waals surface area contributed by atoms with Gasteiger partial charge in [0.05, 0.1) is 16.8 Å². The number of esters is 2. The van der Waals surface area contributed by atoms with Crippen LogP contribution in [0.4, 0.5) is 0 Å². The normalized spacial score (nSPS) is 15.4. The zero-order valence-electron chi connectivity index (χ0n) is 16.2. The van der Waals surface area contributed by atoms with Gasteiger partial charge in [0.2, 0.25) is 0 Å². The number of carbonyl (C=O) groups excluding carboxylic acids is 2. The second kappa shape index (κ2) is 7.81. The smallest absolute Gasteiger partial charge is 0.339 e. The van der Waals surface area contributed by atoms with E-state index in [1.807, 2.05) is 30.3 Å². The largest absolute Gasteiger partial charge is 0.456 e. The van der Waals surface area contributed by atoms with Crippen LogP contribution in [0.25, 0.3) is 4.96 Å². The minimum atomic E-state index is -0.550. The molecule has 1 atom stereocenters. The molecule has 0 saturated carbocycles. The molecule has 0 unspecified atom stereocenters. The number of hydrogen-bond donors (Lipinski definition) is 0. The molecule has 31 heavy (non-hydrogen) atoms. The Hall–Kier alpha value is -3.78. The summed E-state index contributed by atoms with van der Waals surface area (Å²) in [6, 6.07) is 15.6. The molecule has 0 saturated heterocycles. The Kier molecular flexibility index (Phi) is 4.83. The van der Waals surface area contributed by atoms with Crippen molar-refractivity contribution in [3.8, 4) is 0 Å². The first-order chi connectivity index (χ1) is 15.1. The maximum absolute atomic E-state index is 12.6. The van der Waals surface area contributed by atoms with Crippen molar-refractivity contribution in [2.45, 2.75) is 19.1 Å². The van der Waals surface area contributed by atoms with Crippen molar-refractivity contribution in [2.24, 2.45) is 0 Å². The molecule has 2 aromatic carbocycles. The number of thiazole rings is 1. The summed E-state index contributed by atoms with van der Waals surface area (Å²) in [7, 11) is 0.